The fourth-order valence-electron chi connectivity index (χ4n) is 1.53. The number of hydrogen-bond donors (Lipinski definition) is 1. The first-order valence-electron chi connectivity index (χ1n) is 5.09. The molecule has 1 heterocycles. The van der Waals surface area contributed by atoms with Crippen LogP contribution in [-0.4, -0.2) is 24.1 Å². The molecule has 1 aromatic carbocycles. The number of anilines is 1. The van der Waals surface area contributed by atoms with Crippen LogP contribution in [0.5, 0.6) is 5.75 Å². The van der Waals surface area contributed by atoms with Gasteiger partial charge < -0.3 is 10.1 Å². The van der Waals surface area contributed by atoms with Crippen molar-refractivity contribution in [3.05, 3.63) is 36.4 Å². The third kappa shape index (κ3) is 2.18. The summed E-state index contributed by atoms with van der Waals surface area (Å²) in [6.45, 7) is 0. The van der Waals surface area contributed by atoms with Gasteiger partial charge in [-0.25, -0.2) is 9.37 Å². The standard InChI is InChI=1S/C12H12FN3O/c1-14-12-11(15-5-6-16-12)9-4-3-8(17-2)7-10(9)13/h3-7H,1-2H3,(H,14,16). The second-order valence-electron chi connectivity index (χ2n) is 3.35. The molecule has 0 spiro atoms. The second kappa shape index (κ2) is 4.78. The van der Waals surface area contributed by atoms with E-state index in [4.69, 9.17) is 4.74 Å². The summed E-state index contributed by atoms with van der Waals surface area (Å²) in [5.41, 5.74) is 0.874. The van der Waals surface area contributed by atoms with Gasteiger partial charge in [0.25, 0.3) is 0 Å². The molecule has 5 heteroatoms. The van der Waals surface area contributed by atoms with Gasteiger partial charge in [-0.2, -0.15) is 0 Å². The van der Waals surface area contributed by atoms with Gasteiger partial charge in [0.1, 0.15) is 17.3 Å². The molecule has 2 aromatic rings. The average Bonchev–Trinajstić information content (AvgIpc) is 2.38. The van der Waals surface area contributed by atoms with Crippen LogP contribution in [-0.2, 0) is 0 Å². The number of methoxy groups -OCH3 is 1. The maximum atomic E-state index is 13.9. The molecule has 0 aliphatic carbocycles. The third-order valence-corrected chi connectivity index (χ3v) is 2.37. The van der Waals surface area contributed by atoms with Gasteiger partial charge in [0.15, 0.2) is 5.82 Å². The summed E-state index contributed by atoms with van der Waals surface area (Å²) in [6.07, 6.45) is 3.08. The van der Waals surface area contributed by atoms with Crippen molar-refractivity contribution in [3.8, 4) is 17.0 Å². The Morgan fingerprint density at radius 3 is 2.65 bits per heavy atom. The molecule has 1 aromatic heterocycles. The second-order valence-corrected chi connectivity index (χ2v) is 3.35. The van der Waals surface area contributed by atoms with Gasteiger partial charge in [0.05, 0.1) is 7.11 Å². The molecule has 0 atom stereocenters. The van der Waals surface area contributed by atoms with Gasteiger partial charge in [-0.3, -0.25) is 4.98 Å². The first kappa shape index (κ1) is 11.3. The van der Waals surface area contributed by atoms with Crippen LogP contribution in [0.1, 0.15) is 0 Å². The van der Waals surface area contributed by atoms with E-state index in [1.807, 2.05) is 0 Å². The molecule has 88 valence electrons. The van der Waals surface area contributed by atoms with Crippen LogP contribution in [0.3, 0.4) is 0 Å². The van der Waals surface area contributed by atoms with E-state index >= 15 is 0 Å². The Balaban J connectivity index is 2.53. The van der Waals surface area contributed by atoms with E-state index in [0.29, 0.717) is 22.8 Å². The molecule has 0 saturated carbocycles. The van der Waals surface area contributed by atoms with Crippen molar-refractivity contribution in [2.75, 3.05) is 19.5 Å². The van der Waals surface area contributed by atoms with Crippen molar-refractivity contribution in [1.29, 1.82) is 0 Å². The van der Waals surface area contributed by atoms with E-state index in [2.05, 4.69) is 15.3 Å². The van der Waals surface area contributed by atoms with Gasteiger partial charge >= 0.3 is 0 Å². The Morgan fingerprint density at radius 1 is 1.24 bits per heavy atom. The molecule has 0 fully saturated rings. The predicted octanol–water partition coefficient (Wildman–Crippen LogP) is 2.33. The van der Waals surface area contributed by atoms with Crippen molar-refractivity contribution in [1.82, 2.24) is 9.97 Å². The van der Waals surface area contributed by atoms with Crippen molar-refractivity contribution in [2.24, 2.45) is 0 Å². The normalized spacial score (nSPS) is 10.1. The monoisotopic (exact) mass is 233 g/mol. The molecule has 2 rings (SSSR count). The topological polar surface area (TPSA) is 47.0 Å². The number of nitrogens with one attached hydrogen (secondary N) is 1. The maximum Gasteiger partial charge on any atom is 0.152 e. The van der Waals surface area contributed by atoms with E-state index < -0.39 is 0 Å². The number of rotatable bonds is 3. The van der Waals surface area contributed by atoms with E-state index in [-0.39, 0.29) is 5.82 Å². The molecule has 0 bridgehead atoms. The Morgan fingerprint density at radius 2 is 2.00 bits per heavy atom. The lowest BCUT2D eigenvalue weighted by Gasteiger charge is -2.08. The van der Waals surface area contributed by atoms with Gasteiger partial charge in [-0.1, -0.05) is 0 Å². The van der Waals surface area contributed by atoms with Crippen LogP contribution in [0.25, 0.3) is 11.3 Å². The Kier molecular flexibility index (Phi) is 3.18. The fourth-order valence-corrected chi connectivity index (χ4v) is 1.53. The predicted molar refractivity (Wildman–Crippen MR) is 63.5 cm³/mol. The van der Waals surface area contributed by atoms with Gasteiger partial charge in [0, 0.05) is 31.1 Å². The minimum Gasteiger partial charge on any atom is -0.497 e. The molecule has 0 radical (unpaired) electrons. The van der Waals surface area contributed by atoms with Crippen LogP contribution in [0.15, 0.2) is 30.6 Å². The van der Waals surface area contributed by atoms with Gasteiger partial charge in [0.2, 0.25) is 0 Å². The summed E-state index contributed by atoms with van der Waals surface area (Å²) in [4.78, 5) is 8.22. The van der Waals surface area contributed by atoms with Crippen molar-refractivity contribution < 1.29 is 9.13 Å². The Bertz CT molecular complexity index is 531. The molecular weight excluding hydrogens is 221 g/mol. The van der Waals surface area contributed by atoms with Crippen LogP contribution in [0.4, 0.5) is 10.2 Å². The molecule has 0 unspecified atom stereocenters. The summed E-state index contributed by atoms with van der Waals surface area (Å²) in [5.74, 6) is 0.624. The Hall–Kier alpha value is -2.17. The van der Waals surface area contributed by atoms with Gasteiger partial charge in [-0.15, -0.1) is 0 Å². The third-order valence-electron chi connectivity index (χ3n) is 2.37. The maximum absolute atomic E-state index is 13.9. The summed E-state index contributed by atoms with van der Waals surface area (Å²) < 4.78 is 18.8. The van der Waals surface area contributed by atoms with Crippen LogP contribution < -0.4 is 10.1 Å². The summed E-state index contributed by atoms with van der Waals surface area (Å²) in [6, 6.07) is 4.63. The van der Waals surface area contributed by atoms with E-state index in [0.717, 1.165) is 0 Å². The summed E-state index contributed by atoms with van der Waals surface area (Å²) in [5, 5.41) is 2.88. The first-order valence-corrected chi connectivity index (χ1v) is 5.09. The number of benzene rings is 1. The lowest BCUT2D eigenvalue weighted by atomic mass is 10.1. The molecule has 17 heavy (non-hydrogen) atoms. The number of halogens is 1. The van der Waals surface area contributed by atoms with Crippen LogP contribution in [0, 0.1) is 5.82 Å². The summed E-state index contributed by atoms with van der Waals surface area (Å²) in [7, 11) is 3.21. The van der Waals surface area contributed by atoms with Gasteiger partial charge in [-0.05, 0) is 12.1 Å². The van der Waals surface area contributed by atoms with E-state index in [1.165, 1.54) is 19.4 Å². The molecule has 0 saturated heterocycles. The number of aromatic nitrogens is 2. The molecule has 0 amide bonds. The molecule has 1 N–H and O–H groups in total. The van der Waals surface area contributed by atoms with Crippen molar-refractivity contribution in [2.45, 2.75) is 0 Å². The SMILES string of the molecule is CNc1nccnc1-c1ccc(OC)cc1F. The van der Waals surface area contributed by atoms with E-state index in [9.17, 15) is 4.39 Å². The highest BCUT2D eigenvalue weighted by atomic mass is 19.1. The minimum atomic E-state index is -0.388. The average molecular weight is 233 g/mol. The smallest absolute Gasteiger partial charge is 0.152 e. The molecule has 4 nitrogen and oxygen atoms in total. The molecule has 0 aliphatic rings. The fraction of sp³-hybridized carbons (Fsp3) is 0.167. The van der Waals surface area contributed by atoms with Crippen LogP contribution >= 0.6 is 0 Å². The Labute approximate surface area is 98.5 Å². The lowest BCUT2D eigenvalue weighted by molar-refractivity contribution is 0.411. The highest BCUT2D eigenvalue weighted by Gasteiger charge is 2.12. The summed E-state index contributed by atoms with van der Waals surface area (Å²) >= 11 is 0. The van der Waals surface area contributed by atoms with Crippen molar-refractivity contribution in [3.63, 3.8) is 0 Å². The molecular formula is C12H12FN3O. The van der Waals surface area contributed by atoms with E-state index in [1.54, 1.807) is 25.4 Å². The zero-order chi connectivity index (χ0) is 12.3. The number of ether oxygens (including phenoxy) is 1. The zero-order valence-electron chi connectivity index (χ0n) is 9.57. The zero-order valence-corrected chi connectivity index (χ0v) is 9.57. The minimum absolute atomic E-state index is 0.388. The number of hydrogen-bond acceptors (Lipinski definition) is 4. The highest BCUT2D eigenvalue weighted by Crippen LogP contribution is 2.28. The highest BCUT2D eigenvalue weighted by molar-refractivity contribution is 5.71. The molecule has 0 aliphatic heterocycles. The quantitative estimate of drug-likeness (QED) is 0.883. The van der Waals surface area contributed by atoms with Crippen LogP contribution in [0.2, 0.25) is 0 Å². The largest absolute Gasteiger partial charge is 0.497 e. The number of nitrogens with zero attached hydrogens (tertiary/aromatic N) is 2. The first-order chi connectivity index (χ1) is 8.26. The lowest BCUT2D eigenvalue weighted by Crippen LogP contribution is -1.99. The van der Waals surface area contributed by atoms with Crippen molar-refractivity contribution >= 4 is 5.82 Å².